The van der Waals surface area contributed by atoms with E-state index in [2.05, 4.69) is 5.32 Å². The van der Waals surface area contributed by atoms with Crippen molar-refractivity contribution in [2.75, 3.05) is 0 Å². The molecule has 2 rings (SSSR count). The van der Waals surface area contributed by atoms with Gasteiger partial charge < -0.3 is 15.2 Å². The fourth-order valence-corrected chi connectivity index (χ4v) is 2.01. The summed E-state index contributed by atoms with van der Waals surface area (Å²) in [5.41, 5.74) is 0.991. The molecular weight excluding hydrogens is 320 g/mol. The molecule has 0 aliphatic carbocycles. The third-order valence-corrected chi connectivity index (χ3v) is 3.23. The number of ether oxygens (including phenoxy) is 1. The quantitative estimate of drug-likeness (QED) is 0.851. The van der Waals surface area contributed by atoms with Gasteiger partial charge in [-0.15, -0.1) is 0 Å². The van der Waals surface area contributed by atoms with Crippen LogP contribution in [0.3, 0.4) is 0 Å². The van der Waals surface area contributed by atoms with Gasteiger partial charge in [0.2, 0.25) is 0 Å². The Morgan fingerprint density at radius 3 is 2.38 bits per heavy atom. The van der Waals surface area contributed by atoms with E-state index in [4.69, 9.17) is 9.84 Å². The molecule has 0 bridgehead atoms. The summed E-state index contributed by atoms with van der Waals surface area (Å²) in [6, 6.07) is 10.6. The lowest BCUT2D eigenvalue weighted by Crippen LogP contribution is -2.42. The van der Waals surface area contributed by atoms with Gasteiger partial charge in [0.1, 0.15) is 12.6 Å². The van der Waals surface area contributed by atoms with Gasteiger partial charge in [0, 0.05) is 6.42 Å². The number of hydrogen-bond donors (Lipinski definition) is 2. The van der Waals surface area contributed by atoms with Gasteiger partial charge in [0.25, 0.3) is 0 Å². The number of carboxylic acid groups (broad SMARTS) is 1. The van der Waals surface area contributed by atoms with Crippen LogP contribution in [0, 0.1) is 11.6 Å². The molecule has 5 nitrogen and oxygen atoms in total. The van der Waals surface area contributed by atoms with E-state index in [9.17, 15) is 18.4 Å². The van der Waals surface area contributed by atoms with E-state index in [1.54, 1.807) is 24.3 Å². The number of rotatable bonds is 6. The highest BCUT2D eigenvalue weighted by atomic mass is 19.2. The van der Waals surface area contributed by atoms with Gasteiger partial charge in [-0.05, 0) is 23.3 Å². The normalized spacial score (nSPS) is 11.6. The number of hydrogen-bond acceptors (Lipinski definition) is 3. The van der Waals surface area contributed by atoms with Gasteiger partial charge in [-0.25, -0.2) is 18.4 Å². The summed E-state index contributed by atoms with van der Waals surface area (Å²) in [5.74, 6) is -3.42. The Morgan fingerprint density at radius 1 is 1.04 bits per heavy atom. The van der Waals surface area contributed by atoms with E-state index in [1.165, 1.54) is 6.07 Å². The molecule has 0 aliphatic rings. The summed E-state index contributed by atoms with van der Waals surface area (Å²) in [5, 5.41) is 11.3. The Labute approximate surface area is 136 Å². The summed E-state index contributed by atoms with van der Waals surface area (Å²) in [6.07, 6.45) is -1.11. The number of nitrogens with one attached hydrogen (secondary N) is 1. The minimum Gasteiger partial charge on any atom is -0.480 e. The van der Waals surface area contributed by atoms with Gasteiger partial charge in [-0.1, -0.05) is 36.4 Å². The molecule has 0 aliphatic heterocycles. The number of benzene rings is 2. The first-order valence-electron chi connectivity index (χ1n) is 7.09. The van der Waals surface area contributed by atoms with Crippen molar-refractivity contribution in [3.63, 3.8) is 0 Å². The van der Waals surface area contributed by atoms with Crippen molar-refractivity contribution in [2.24, 2.45) is 0 Å². The number of carbonyl (C=O) groups is 2. The molecule has 0 aromatic heterocycles. The van der Waals surface area contributed by atoms with Crippen LogP contribution in [0.2, 0.25) is 0 Å². The zero-order valence-corrected chi connectivity index (χ0v) is 12.5. The number of amides is 1. The first-order valence-corrected chi connectivity index (χ1v) is 7.09. The van der Waals surface area contributed by atoms with Gasteiger partial charge >= 0.3 is 12.1 Å². The molecule has 24 heavy (non-hydrogen) atoms. The molecule has 0 spiro atoms. The third-order valence-electron chi connectivity index (χ3n) is 3.23. The summed E-state index contributed by atoms with van der Waals surface area (Å²) in [4.78, 5) is 22.9. The van der Waals surface area contributed by atoms with Crippen LogP contribution in [0.15, 0.2) is 48.5 Å². The Balaban J connectivity index is 1.93. The second kappa shape index (κ2) is 8.05. The zero-order chi connectivity index (χ0) is 17.5. The minimum atomic E-state index is -1.32. The molecule has 0 saturated carbocycles. The van der Waals surface area contributed by atoms with Gasteiger partial charge in [0.15, 0.2) is 11.6 Å². The Hall–Kier alpha value is -2.96. The largest absolute Gasteiger partial charge is 0.480 e. The average molecular weight is 335 g/mol. The molecule has 1 amide bonds. The second-order valence-electron chi connectivity index (χ2n) is 5.05. The fraction of sp³-hybridized carbons (Fsp3) is 0.176. The Kier molecular flexibility index (Phi) is 5.83. The monoisotopic (exact) mass is 335 g/mol. The maximum atomic E-state index is 13.2. The maximum absolute atomic E-state index is 13.2. The van der Waals surface area contributed by atoms with Crippen molar-refractivity contribution in [2.45, 2.75) is 19.1 Å². The molecular formula is C17H15F2NO4. The lowest BCUT2D eigenvalue weighted by Gasteiger charge is -2.15. The van der Waals surface area contributed by atoms with Crippen molar-refractivity contribution in [3.05, 3.63) is 71.3 Å². The Bertz CT molecular complexity index is 722. The van der Waals surface area contributed by atoms with Gasteiger partial charge in [0.05, 0.1) is 0 Å². The van der Waals surface area contributed by atoms with Crippen LogP contribution in [0.4, 0.5) is 13.6 Å². The number of carboxylic acids is 1. The molecule has 0 fully saturated rings. The highest BCUT2D eigenvalue weighted by Gasteiger charge is 2.21. The first kappa shape index (κ1) is 17.4. The van der Waals surface area contributed by atoms with Crippen LogP contribution in [0.25, 0.3) is 0 Å². The molecule has 0 unspecified atom stereocenters. The molecule has 2 aromatic carbocycles. The van der Waals surface area contributed by atoms with Gasteiger partial charge in [-0.2, -0.15) is 0 Å². The van der Waals surface area contributed by atoms with Crippen LogP contribution in [-0.2, 0) is 22.6 Å². The predicted octanol–water partition coefficient (Wildman–Crippen LogP) is 2.89. The predicted molar refractivity (Wildman–Crippen MR) is 81.2 cm³/mol. The van der Waals surface area contributed by atoms with Crippen LogP contribution >= 0.6 is 0 Å². The summed E-state index contributed by atoms with van der Waals surface area (Å²) in [6.45, 7) is -0.00973. The van der Waals surface area contributed by atoms with E-state index in [0.717, 1.165) is 17.7 Å². The highest BCUT2D eigenvalue weighted by molar-refractivity contribution is 5.80. The average Bonchev–Trinajstić information content (AvgIpc) is 2.56. The maximum Gasteiger partial charge on any atom is 0.408 e. The molecule has 0 saturated heterocycles. The third kappa shape index (κ3) is 5.05. The summed E-state index contributed by atoms with van der Waals surface area (Å²) < 4.78 is 31.0. The zero-order valence-electron chi connectivity index (χ0n) is 12.5. The van der Waals surface area contributed by atoms with Crippen molar-refractivity contribution in [1.29, 1.82) is 0 Å². The number of carbonyl (C=O) groups excluding carboxylic acids is 1. The minimum absolute atomic E-state index is 0.00973. The molecule has 126 valence electrons. The highest BCUT2D eigenvalue weighted by Crippen LogP contribution is 2.11. The number of alkyl carbamates (subject to hydrolysis) is 1. The lowest BCUT2D eigenvalue weighted by atomic mass is 10.1. The van der Waals surface area contributed by atoms with Crippen LogP contribution in [-0.4, -0.2) is 23.2 Å². The van der Waals surface area contributed by atoms with Crippen molar-refractivity contribution in [1.82, 2.24) is 5.32 Å². The van der Waals surface area contributed by atoms with Crippen LogP contribution in [0.1, 0.15) is 11.1 Å². The molecule has 2 N–H and O–H groups in total. The molecule has 0 heterocycles. The number of aliphatic carboxylic acids is 1. The standard InChI is InChI=1S/C17H15F2NO4/c18-13-7-6-12(8-14(13)19)9-15(16(21)22)20-17(23)24-10-11-4-2-1-3-5-11/h1-8,15H,9-10H2,(H,20,23)(H,21,22)/t15-/m1/s1. The second-order valence-corrected chi connectivity index (χ2v) is 5.05. The van der Waals surface area contributed by atoms with E-state index < -0.39 is 29.7 Å². The SMILES string of the molecule is O=C(N[C@H](Cc1ccc(F)c(F)c1)C(=O)O)OCc1ccccc1. The van der Waals surface area contributed by atoms with Crippen LogP contribution < -0.4 is 5.32 Å². The van der Waals surface area contributed by atoms with Crippen molar-refractivity contribution in [3.8, 4) is 0 Å². The molecule has 2 aromatic rings. The Morgan fingerprint density at radius 2 is 1.75 bits per heavy atom. The van der Waals surface area contributed by atoms with Crippen molar-refractivity contribution < 1.29 is 28.2 Å². The first-order chi connectivity index (χ1) is 11.5. The fourth-order valence-electron chi connectivity index (χ4n) is 2.01. The summed E-state index contributed by atoms with van der Waals surface area (Å²) in [7, 11) is 0. The van der Waals surface area contributed by atoms with E-state index >= 15 is 0 Å². The topological polar surface area (TPSA) is 75.6 Å². The summed E-state index contributed by atoms with van der Waals surface area (Å²) >= 11 is 0. The van der Waals surface area contributed by atoms with Crippen LogP contribution in [0.5, 0.6) is 0 Å². The van der Waals surface area contributed by atoms with E-state index in [1.807, 2.05) is 6.07 Å². The van der Waals surface area contributed by atoms with Gasteiger partial charge in [-0.3, -0.25) is 0 Å². The number of halogens is 2. The molecule has 7 heteroatoms. The van der Waals surface area contributed by atoms with E-state index in [-0.39, 0.29) is 18.6 Å². The lowest BCUT2D eigenvalue weighted by molar-refractivity contribution is -0.139. The smallest absolute Gasteiger partial charge is 0.408 e. The molecule has 0 radical (unpaired) electrons. The molecule has 1 atom stereocenters. The van der Waals surface area contributed by atoms with E-state index in [0.29, 0.717) is 0 Å². The van der Waals surface area contributed by atoms with Crippen molar-refractivity contribution >= 4 is 12.1 Å².